The maximum absolute atomic E-state index is 10.7. The van der Waals surface area contributed by atoms with Gasteiger partial charge < -0.3 is 10.4 Å². The van der Waals surface area contributed by atoms with Crippen molar-refractivity contribution in [2.75, 3.05) is 6.61 Å². The first-order chi connectivity index (χ1) is 5.11. The highest BCUT2D eigenvalue weighted by Gasteiger charge is 2.16. The molecule has 2 amide bonds. The number of hydrogen-bond donors (Lipinski definition) is 4. The number of aliphatic hydroxyl groups excluding tert-OH is 1. The van der Waals surface area contributed by atoms with Crippen LogP contribution in [0, 0.1) is 0 Å². The summed E-state index contributed by atoms with van der Waals surface area (Å²) in [5, 5.41) is 10.7. The van der Waals surface area contributed by atoms with E-state index in [2.05, 4.69) is 5.32 Å². The van der Waals surface area contributed by atoms with Gasteiger partial charge >= 0.3 is 0 Å². The Morgan fingerprint density at radius 1 is 1.64 bits per heavy atom. The molecule has 5 N–H and O–H groups in total. The van der Waals surface area contributed by atoms with Crippen molar-refractivity contribution in [3.05, 3.63) is 0 Å². The van der Waals surface area contributed by atoms with Gasteiger partial charge in [-0.25, -0.2) is 5.84 Å². The minimum atomic E-state index is -0.961. The molecule has 0 heterocycles. The van der Waals surface area contributed by atoms with Gasteiger partial charge in [-0.1, -0.05) is 0 Å². The topological polar surface area (TPSA) is 104 Å². The van der Waals surface area contributed by atoms with E-state index in [0.29, 0.717) is 0 Å². The van der Waals surface area contributed by atoms with Gasteiger partial charge in [-0.05, 0) is 0 Å². The fourth-order valence-corrected chi connectivity index (χ4v) is 0.540. The molecular weight excluding hydrogens is 150 g/mol. The second-order valence-corrected chi connectivity index (χ2v) is 1.94. The van der Waals surface area contributed by atoms with Crippen LogP contribution in [0.1, 0.15) is 6.92 Å². The second-order valence-electron chi connectivity index (χ2n) is 1.94. The van der Waals surface area contributed by atoms with Crippen molar-refractivity contribution in [2.24, 2.45) is 5.84 Å². The molecule has 0 aliphatic heterocycles. The zero-order valence-electron chi connectivity index (χ0n) is 6.13. The zero-order valence-corrected chi connectivity index (χ0v) is 6.13. The number of amides is 2. The normalized spacial score (nSPS) is 11.9. The van der Waals surface area contributed by atoms with Crippen molar-refractivity contribution in [1.29, 1.82) is 0 Å². The van der Waals surface area contributed by atoms with Crippen molar-refractivity contribution in [1.82, 2.24) is 10.7 Å². The third-order valence-corrected chi connectivity index (χ3v) is 1.02. The van der Waals surface area contributed by atoms with Crippen LogP contribution in [-0.4, -0.2) is 29.6 Å². The van der Waals surface area contributed by atoms with Crippen LogP contribution in [0.5, 0.6) is 0 Å². The van der Waals surface area contributed by atoms with Crippen molar-refractivity contribution in [2.45, 2.75) is 13.0 Å². The molecule has 1 unspecified atom stereocenters. The summed E-state index contributed by atoms with van der Waals surface area (Å²) < 4.78 is 0. The number of aliphatic hydroxyl groups is 1. The molecular formula is C5H11N3O3. The van der Waals surface area contributed by atoms with Crippen molar-refractivity contribution >= 4 is 11.8 Å². The molecule has 1 atom stereocenters. The Balaban J connectivity index is 3.94. The first-order valence-electron chi connectivity index (χ1n) is 3.00. The van der Waals surface area contributed by atoms with E-state index in [4.69, 9.17) is 10.9 Å². The fraction of sp³-hybridized carbons (Fsp3) is 0.600. The van der Waals surface area contributed by atoms with Crippen molar-refractivity contribution in [3.8, 4) is 0 Å². The molecule has 64 valence electrons. The zero-order chi connectivity index (χ0) is 8.85. The lowest BCUT2D eigenvalue weighted by Gasteiger charge is -2.11. The maximum atomic E-state index is 10.7. The Kier molecular flexibility index (Phi) is 4.16. The summed E-state index contributed by atoms with van der Waals surface area (Å²) in [5.74, 6) is 3.74. The standard InChI is InChI=1S/C5H11N3O3/c1-3(10)7-4(2-9)5(11)8-6/h4,9H,2,6H2,1H3,(H,7,10)(H,8,11). The van der Waals surface area contributed by atoms with Gasteiger partial charge in [-0.2, -0.15) is 0 Å². The molecule has 11 heavy (non-hydrogen) atoms. The predicted octanol–water partition coefficient (Wildman–Crippen LogP) is -2.53. The molecule has 0 bridgehead atoms. The summed E-state index contributed by atoms with van der Waals surface area (Å²) in [6.07, 6.45) is 0. The number of nitrogens with one attached hydrogen (secondary N) is 2. The van der Waals surface area contributed by atoms with E-state index in [1.54, 1.807) is 0 Å². The highest BCUT2D eigenvalue weighted by Crippen LogP contribution is 1.80. The average molecular weight is 161 g/mol. The summed E-state index contributed by atoms with van der Waals surface area (Å²) in [6.45, 7) is 0.773. The molecule has 0 aromatic carbocycles. The number of carbonyl (C=O) groups is 2. The lowest BCUT2D eigenvalue weighted by Crippen LogP contribution is -2.50. The van der Waals surface area contributed by atoms with E-state index in [-0.39, 0.29) is 0 Å². The Labute approximate surface area is 63.7 Å². The molecule has 0 aromatic heterocycles. The molecule has 0 saturated carbocycles. The first kappa shape index (κ1) is 9.86. The van der Waals surface area contributed by atoms with E-state index in [1.165, 1.54) is 6.92 Å². The number of hydrogen-bond acceptors (Lipinski definition) is 4. The summed E-state index contributed by atoms with van der Waals surface area (Å²) in [6, 6.07) is -0.961. The first-order valence-corrected chi connectivity index (χ1v) is 3.00. The highest BCUT2D eigenvalue weighted by atomic mass is 16.3. The van der Waals surface area contributed by atoms with Gasteiger partial charge in [0.25, 0.3) is 5.91 Å². The minimum Gasteiger partial charge on any atom is -0.394 e. The van der Waals surface area contributed by atoms with Gasteiger partial charge in [0.15, 0.2) is 0 Å². The molecule has 0 aliphatic rings. The van der Waals surface area contributed by atoms with Gasteiger partial charge in [0.1, 0.15) is 6.04 Å². The Morgan fingerprint density at radius 3 is 2.45 bits per heavy atom. The van der Waals surface area contributed by atoms with Crippen LogP contribution in [0.3, 0.4) is 0 Å². The number of nitrogens with two attached hydrogens (primary N) is 1. The lowest BCUT2D eigenvalue weighted by atomic mass is 10.3. The maximum Gasteiger partial charge on any atom is 0.258 e. The molecule has 0 radical (unpaired) electrons. The third kappa shape index (κ3) is 3.54. The van der Waals surface area contributed by atoms with Crippen LogP contribution in [-0.2, 0) is 9.59 Å². The molecule has 6 nitrogen and oxygen atoms in total. The number of carbonyl (C=O) groups excluding carboxylic acids is 2. The van der Waals surface area contributed by atoms with Gasteiger partial charge in [0.2, 0.25) is 5.91 Å². The highest BCUT2D eigenvalue weighted by molar-refractivity contribution is 5.86. The van der Waals surface area contributed by atoms with Crippen LogP contribution >= 0.6 is 0 Å². The van der Waals surface area contributed by atoms with E-state index < -0.39 is 24.5 Å². The van der Waals surface area contributed by atoms with Crippen LogP contribution in [0.2, 0.25) is 0 Å². The van der Waals surface area contributed by atoms with Crippen molar-refractivity contribution in [3.63, 3.8) is 0 Å². The monoisotopic (exact) mass is 161 g/mol. The van der Waals surface area contributed by atoms with Crippen molar-refractivity contribution < 1.29 is 14.7 Å². The Hall–Kier alpha value is -1.14. The van der Waals surface area contributed by atoms with E-state index in [9.17, 15) is 9.59 Å². The minimum absolute atomic E-state index is 0.396. The molecule has 0 saturated heterocycles. The molecule has 0 rings (SSSR count). The van der Waals surface area contributed by atoms with Gasteiger partial charge in [0, 0.05) is 6.92 Å². The van der Waals surface area contributed by atoms with Crippen LogP contribution in [0.4, 0.5) is 0 Å². The summed E-state index contributed by atoms with van der Waals surface area (Å²) in [4.78, 5) is 21.1. The third-order valence-electron chi connectivity index (χ3n) is 1.02. The van der Waals surface area contributed by atoms with Crippen LogP contribution < -0.4 is 16.6 Å². The molecule has 6 heteroatoms. The Morgan fingerprint density at radius 2 is 2.18 bits per heavy atom. The summed E-state index contributed by atoms with van der Waals surface area (Å²) in [5.41, 5.74) is 1.81. The van der Waals surface area contributed by atoms with E-state index >= 15 is 0 Å². The predicted molar refractivity (Wildman–Crippen MR) is 37.0 cm³/mol. The van der Waals surface area contributed by atoms with Gasteiger partial charge in [-0.3, -0.25) is 15.0 Å². The van der Waals surface area contributed by atoms with Crippen LogP contribution in [0.15, 0.2) is 0 Å². The van der Waals surface area contributed by atoms with Gasteiger partial charge in [0.05, 0.1) is 6.61 Å². The number of hydrazine groups is 1. The van der Waals surface area contributed by atoms with Gasteiger partial charge in [-0.15, -0.1) is 0 Å². The molecule has 0 spiro atoms. The quantitative estimate of drug-likeness (QED) is 0.208. The second kappa shape index (κ2) is 4.64. The Bertz CT molecular complexity index is 159. The van der Waals surface area contributed by atoms with E-state index in [0.717, 1.165) is 0 Å². The van der Waals surface area contributed by atoms with Crippen LogP contribution in [0.25, 0.3) is 0 Å². The number of rotatable bonds is 3. The summed E-state index contributed by atoms with van der Waals surface area (Å²) in [7, 11) is 0. The molecule has 0 aromatic rings. The summed E-state index contributed by atoms with van der Waals surface area (Å²) >= 11 is 0. The molecule has 0 fully saturated rings. The molecule has 0 aliphatic carbocycles. The average Bonchev–Trinajstić information content (AvgIpc) is 1.98. The largest absolute Gasteiger partial charge is 0.394 e. The fourth-order valence-electron chi connectivity index (χ4n) is 0.540. The lowest BCUT2D eigenvalue weighted by molar-refractivity contribution is -0.129. The van der Waals surface area contributed by atoms with E-state index in [1.807, 2.05) is 5.43 Å². The smallest absolute Gasteiger partial charge is 0.258 e. The SMILES string of the molecule is CC(=O)NC(CO)C(=O)NN.